The molecule has 6 nitrogen and oxygen atoms in total. The topological polar surface area (TPSA) is 87.3 Å². The number of sulfonamides is 1. The maximum Gasteiger partial charge on any atom is 0.315 e. The maximum absolute atomic E-state index is 12.1. The van der Waals surface area contributed by atoms with Gasteiger partial charge in [0.15, 0.2) is 0 Å². The Morgan fingerprint density at radius 2 is 1.86 bits per heavy atom. The van der Waals surface area contributed by atoms with Crippen LogP contribution in [0.1, 0.15) is 38.2 Å². The number of benzene rings is 1. The molecule has 1 unspecified atom stereocenters. The van der Waals surface area contributed by atoms with Gasteiger partial charge in [0.25, 0.3) is 0 Å². The van der Waals surface area contributed by atoms with Crippen LogP contribution in [-0.2, 0) is 10.0 Å². The summed E-state index contributed by atoms with van der Waals surface area (Å²) in [6.45, 7) is 5.07. The summed E-state index contributed by atoms with van der Waals surface area (Å²) in [6, 6.07) is 4.32. The van der Waals surface area contributed by atoms with Crippen molar-refractivity contribution < 1.29 is 13.2 Å². The Balaban J connectivity index is 1.77. The van der Waals surface area contributed by atoms with E-state index in [1.165, 1.54) is 0 Å². The number of carbonyl (C=O) groups is 1. The molecule has 28 heavy (non-hydrogen) atoms. The molecule has 2 amide bonds. The molecule has 0 aromatic heterocycles. The van der Waals surface area contributed by atoms with E-state index in [0.29, 0.717) is 41.3 Å². The van der Waals surface area contributed by atoms with E-state index in [-0.39, 0.29) is 24.2 Å². The number of hydrogen-bond donors (Lipinski definition) is 3. The fourth-order valence-corrected chi connectivity index (χ4v) is 3.96. The molecule has 9 heteroatoms. The van der Waals surface area contributed by atoms with E-state index < -0.39 is 10.0 Å². The van der Waals surface area contributed by atoms with Gasteiger partial charge in [0.2, 0.25) is 10.0 Å². The van der Waals surface area contributed by atoms with Gasteiger partial charge in [-0.2, -0.15) is 0 Å². The van der Waals surface area contributed by atoms with Crippen molar-refractivity contribution in [3.63, 3.8) is 0 Å². The number of carbonyl (C=O) groups excluding carboxylic acids is 1. The Morgan fingerprint density at radius 3 is 2.46 bits per heavy atom. The van der Waals surface area contributed by atoms with Crippen LogP contribution in [0.4, 0.5) is 4.79 Å². The lowest BCUT2D eigenvalue weighted by Gasteiger charge is -2.29. The molecule has 1 aromatic carbocycles. The highest BCUT2D eigenvalue weighted by molar-refractivity contribution is 7.92. The van der Waals surface area contributed by atoms with Crippen LogP contribution in [-0.4, -0.2) is 32.6 Å². The zero-order valence-electron chi connectivity index (χ0n) is 15.5. The van der Waals surface area contributed by atoms with E-state index in [1.54, 1.807) is 25.1 Å². The molecule has 152 valence electrons. The molecule has 3 N–H and O–H groups in total. The van der Waals surface area contributed by atoms with Gasteiger partial charge in [0.1, 0.15) is 0 Å². The SMILES string of the molecule is C=CS(=O)(=O)N[C@H]1CC[C@@H](NC(=O)NC(C)C#Cc2ccc(Cl)c(Cl)c2)CC1. The van der Waals surface area contributed by atoms with Crippen molar-refractivity contribution in [3.05, 3.63) is 45.8 Å². The molecule has 1 atom stereocenters. The molecular weight excluding hydrogens is 421 g/mol. The standard InChI is InChI=1S/C19H23Cl2N3O3S/c1-3-28(26,27)24-16-9-7-15(8-10-16)23-19(25)22-13(2)4-5-14-6-11-17(20)18(21)12-14/h3,6,11-13,15-16,24H,1,7-10H2,2H3,(H2,22,23,25)/t13?,15-,16+. The van der Waals surface area contributed by atoms with Crippen molar-refractivity contribution in [2.24, 2.45) is 0 Å². The first kappa shape index (κ1) is 22.6. The largest absolute Gasteiger partial charge is 0.335 e. The number of amides is 2. The summed E-state index contributed by atoms with van der Waals surface area (Å²) in [4.78, 5) is 12.1. The molecule has 0 spiro atoms. The van der Waals surface area contributed by atoms with Crippen LogP contribution in [0, 0.1) is 11.8 Å². The van der Waals surface area contributed by atoms with Gasteiger partial charge < -0.3 is 10.6 Å². The van der Waals surface area contributed by atoms with Crippen molar-refractivity contribution in [1.82, 2.24) is 15.4 Å². The quantitative estimate of drug-likeness (QED) is 0.609. The summed E-state index contributed by atoms with van der Waals surface area (Å²) < 4.78 is 25.6. The number of hydrogen-bond acceptors (Lipinski definition) is 3. The van der Waals surface area contributed by atoms with Crippen LogP contribution < -0.4 is 15.4 Å². The van der Waals surface area contributed by atoms with Gasteiger partial charge in [-0.1, -0.05) is 41.6 Å². The number of nitrogens with one attached hydrogen (secondary N) is 3. The third-order valence-electron chi connectivity index (χ3n) is 4.31. The van der Waals surface area contributed by atoms with E-state index in [2.05, 4.69) is 33.8 Å². The monoisotopic (exact) mass is 443 g/mol. The molecule has 2 rings (SSSR count). The van der Waals surface area contributed by atoms with Gasteiger partial charge in [-0.25, -0.2) is 17.9 Å². The Bertz CT molecular complexity index is 885. The lowest BCUT2D eigenvalue weighted by Crippen LogP contribution is -2.48. The second-order valence-electron chi connectivity index (χ2n) is 6.62. The first-order valence-electron chi connectivity index (χ1n) is 8.87. The highest BCUT2D eigenvalue weighted by Crippen LogP contribution is 2.22. The zero-order valence-corrected chi connectivity index (χ0v) is 17.8. The molecule has 1 aromatic rings. The molecule has 1 aliphatic carbocycles. The van der Waals surface area contributed by atoms with Crippen LogP contribution >= 0.6 is 23.2 Å². The fraction of sp³-hybridized carbons (Fsp3) is 0.421. The summed E-state index contributed by atoms with van der Waals surface area (Å²) in [5.41, 5.74) is 0.712. The Kier molecular flexibility index (Phi) is 8.20. The minimum Gasteiger partial charge on any atom is -0.335 e. The molecule has 0 saturated heterocycles. The van der Waals surface area contributed by atoms with Gasteiger partial charge in [0.05, 0.1) is 16.1 Å². The minimum atomic E-state index is -3.43. The van der Waals surface area contributed by atoms with E-state index in [9.17, 15) is 13.2 Å². The Hall–Kier alpha value is -1.72. The second-order valence-corrected chi connectivity index (χ2v) is 9.09. The summed E-state index contributed by atoms with van der Waals surface area (Å²) in [5, 5.41) is 7.48. The van der Waals surface area contributed by atoms with Crippen LogP contribution in [0.5, 0.6) is 0 Å². The summed E-state index contributed by atoms with van der Waals surface area (Å²) in [6.07, 6.45) is 2.71. The van der Waals surface area contributed by atoms with Gasteiger partial charge in [0, 0.05) is 23.1 Å². The van der Waals surface area contributed by atoms with Crippen molar-refractivity contribution >= 4 is 39.3 Å². The summed E-state index contributed by atoms with van der Waals surface area (Å²) in [7, 11) is -3.43. The molecule has 0 aliphatic heterocycles. The van der Waals surface area contributed by atoms with Crippen molar-refractivity contribution in [1.29, 1.82) is 0 Å². The zero-order chi connectivity index (χ0) is 20.7. The van der Waals surface area contributed by atoms with E-state index >= 15 is 0 Å². The molecule has 1 fully saturated rings. The first-order valence-corrected chi connectivity index (χ1v) is 11.2. The Labute approximate surface area is 176 Å². The lowest BCUT2D eigenvalue weighted by atomic mass is 9.92. The Morgan fingerprint density at radius 1 is 1.21 bits per heavy atom. The van der Waals surface area contributed by atoms with E-state index in [1.807, 2.05) is 0 Å². The molecule has 1 saturated carbocycles. The summed E-state index contributed by atoms with van der Waals surface area (Å²) in [5.74, 6) is 5.89. The number of urea groups is 1. The predicted molar refractivity (Wildman–Crippen MR) is 113 cm³/mol. The third-order valence-corrected chi connectivity index (χ3v) is 6.15. The molecule has 1 aliphatic rings. The molecular formula is C19H23Cl2N3O3S. The van der Waals surface area contributed by atoms with Gasteiger partial charge >= 0.3 is 6.03 Å². The van der Waals surface area contributed by atoms with Gasteiger partial charge in [-0.05, 0) is 50.8 Å². The molecule has 0 bridgehead atoms. The second kappa shape index (κ2) is 10.2. The van der Waals surface area contributed by atoms with E-state index in [0.717, 1.165) is 5.41 Å². The summed E-state index contributed by atoms with van der Waals surface area (Å²) >= 11 is 11.8. The number of halogens is 2. The molecule has 0 heterocycles. The molecule has 0 radical (unpaired) electrons. The van der Waals surface area contributed by atoms with Crippen LogP contribution in [0.3, 0.4) is 0 Å². The highest BCUT2D eigenvalue weighted by atomic mass is 35.5. The third kappa shape index (κ3) is 7.36. The van der Waals surface area contributed by atoms with Gasteiger partial charge in [-0.15, -0.1) is 0 Å². The smallest absolute Gasteiger partial charge is 0.315 e. The van der Waals surface area contributed by atoms with Crippen LogP contribution in [0.2, 0.25) is 10.0 Å². The number of rotatable bonds is 5. The highest BCUT2D eigenvalue weighted by Gasteiger charge is 2.24. The van der Waals surface area contributed by atoms with E-state index in [4.69, 9.17) is 23.2 Å². The van der Waals surface area contributed by atoms with Crippen molar-refractivity contribution in [2.45, 2.75) is 50.7 Å². The van der Waals surface area contributed by atoms with Crippen LogP contribution in [0.25, 0.3) is 0 Å². The maximum atomic E-state index is 12.1. The first-order chi connectivity index (χ1) is 13.2. The normalized spacial score (nSPS) is 20.4. The lowest BCUT2D eigenvalue weighted by molar-refractivity contribution is 0.229. The van der Waals surface area contributed by atoms with Crippen molar-refractivity contribution in [2.75, 3.05) is 0 Å². The average Bonchev–Trinajstić information content (AvgIpc) is 2.64. The minimum absolute atomic E-state index is 0.000263. The average molecular weight is 444 g/mol. The van der Waals surface area contributed by atoms with Crippen LogP contribution in [0.15, 0.2) is 30.2 Å². The van der Waals surface area contributed by atoms with Crippen molar-refractivity contribution in [3.8, 4) is 11.8 Å². The fourth-order valence-electron chi connectivity index (χ4n) is 2.86. The van der Waals surface area contributed by atoms with Gasteiger partial charge in [-0.3, -0.25) is 0 Å². The predicted octanol–water partition coefficient (Wildman–Crippen LogP) is 3.41.